The summed E-state index contributed by atoms with van der Waals surface area (Å²) in [5, 5.41) is -0.0487. The van der Waals surface area contributed by atoms with Crippen LogP contribution in [0.1, 0.15) is 123 Å². The van der Waals surface area contributed by atoms with Crippen LogP contribution in [0, 0.1) is 0 Å². The number of hydrogen-bond donors (Lipinski definition) is 1. The number of benzene rings is 4. The van der Waals surface area contributed by atoms with Crippen LogP contribution in [-0.4, -0.2) is 18.7 Å². The third-order valence-electron chi connectivity index (χ3n) is 9.36. The molecule has 0 saturated heterocycles. The molecule has 0 aliphatic rings. The molecule has 0 aliphatic heterocycles. The Morgan fingerprint density at radius 1 is 0.646 bits per heavy atom. The van der Waals surface area contributed by atoms with Crippen LogP contribution in [0.4, 0.5) is 5.69 Å². The van der Waals surface area contributed by atoms with Gasteiger partial charge < -0.3 is 5.73 Å². The molecule has 0 aliphatic carbocycles. The average Bonchev–Trinajstić information content (AvgIpc) is 2.98. The van der Waals surface area contributed by atoms with E-state index < -0.39 is 27.9 Å². The van der Waals surface area contributed by atoms with Crippen molar-refractivity contribution in [3.05, 3.63) is 107 Å². The zero-order valence-corrected chi connectivity index (χ0v) is 32.9. The normalized spacial score (nSPS) is 13.1. The molecule has 0 fully saturated rings. The minimum Gasteiger partial charge on any atom is -0.398 e. The Hall–Kier alpha value is -2.98. The molecular formula is C42H57NO3PS+. The Bertz CT molecular complexity index is 1820. The largest absolute Gasteiger partial charge is 0.398 e. The molecule has 4 rings (SSSR count). The monoisotopic (exact) mass is 686 g/mol. The van der Waals surface area contributed by atoms with Crippen molar-refractivity contribution in [3.63, 3.8) is 0 Å². The Labute approximate surface area is 292 Å². The van der Waals surface area contributed by atoms with E-state index in [2.05, 4.69) is 113 Å². The number of hydrogen-bond acceptors (Lipinski definition) is 4. The Morgan fingerprint density at radius 2 is 1.10 bits per heavy atom. The number of rotatable bonds is 10. The fourth-order valence-corrected chi connectivity index (χ4v) is 15.9. The van der Waals surface area contributed by atoms with E-state index in [1.54, 1.807) is 0 Å². The molecule has 0 saturated carbocycles. The molecule has 0 radical (unpaired) electrons. The van der Waals surface area contributed by atoms with Gasteiger partial charge in [-0.25, -0.2) is 0 Å². The summed E-state index contributed by atoms with van der Waals surface area (Å²) in [5.41, 5.74) is 15.4. The standard InChI is InChI=1S/C42H57NO3PS/c1-28(2)32-25-36(29(3)4)40(37(26-32)30(5)6)35-22-16-18-24-39(35)47(41(7,8)9,42(10,11)12)46-48(44,45)27-31-19-13-14-20-33(31)34-21-15-17-23-38(34)43/h13-26,28-30H,27,43H2,1-12H3/q+1. The summed E-state index contributed by atoms with van der Waals surface area (Å²) >= 11 is 0. The highest BCUT2D eigenvalue weighted by atomic mass is 32.2. The molecule has 4 nitrogen and oxygen atoms in total. The topological polar surface area (TPSA) is 69.4 Å². The smallest absolute Gasteiger partial charge is 0.303 e. The van der Waals surface area contributed by atoms with Crippen molar-refractivity contribution in [2.75, 3.05) is 5.73 Å². The van der Waals surface area contributed by atoms with Gasteiger partial charge in [-0.1, -0.05) is 114 Å². The van der Waals surface area contributed by atoms with Gasteiger partial charge in [0.25, 0.3) is 0 Å². The summed E-state index contributed by atoms with van der Waals surface area (Å²) in [6, 6.07) is 28.4. The SMILES string of the molecule is CC(C)c1cc(C(C)C)c(-c2ccccc2[P+](OS(=O)(=O)Cc2ccccc2-c2ccccc2N)(C(C)(C)C)C(C)(C)C)c(C(C)C)c1. The highest BCUT2D eigenvalue weighted by Gasteiger charge is 2.66. The number of anilines is 1. The molecule has 2 N–H and O–H groups in total. The van der Waals surface area contributed by atoms with Crippen molar-refractivity contribution < 1.29 is 12.4 Å². The van der Waals surface area contributed by atoms with E-state index in [0.717, 1.165) is 22.0 Å². The van der Waals surface area contributed by atoms with Crippen molar-refractivity contribution in [2.45, 2.75) is 117 Å². The van der Waals surface area contributed by atoms with E-state index in [4.69, 9.17) is 9.70 Å². The van der Waals surface area contributed by atoms with Crippen LogP contribution in [-0.2, 0) is 19.8 Å². The van der Waals surface area contributed by atoms with Crippen molar-refractivity contribution in [3.8, 4) is 22.3 Å². The Kier molecular flexibility index (Phi) is 11.1. The molecule has 0 atom stereocenters. The van der Waals surface area contributed by atoms with Crippen LogP contribution in [0.2, 0.25) is 0 Å². The summed E-state index contributed by atoms with van der Waals surface area (Å²) in [7, 11) is -7.13. The van der Waals surface area contributed by atoms with Crippen LogP contribution in [0.25, 0.3) is 22.3 Å². The van der Waals surface area contributed by atoms with Crippen molar-refractivity contribution in [1.29, 1.82) is 0 Å². The maximum absolute atomic E-state index is 14.6. The lowest BCUT2D eigenvalue weighted by Gasteiger charge is -2.44. The summed E-state index contributed by atoms with van der Waals surface area (Å²) in [6.07, 6.45) is 0. The molecule has 0 amide bonds. The highest BCUT2D eigenvalue weighted by molar-refractivity contribution is 7.96. The third kappa shape index (κ3) is 7.44. The highest BCUT2D eigenvalue weighted by Crippen LogP contribution is 2.78. The minimum atomic E-state index is -4.11. The molecule has 48 heavy (non-hydrogen) atoms. The second-order valence-electron chi connectivity index (χ2n) is 16.0. The van der Waals surface area contributed by atoms with Crippen LogP contribution in [0.3, 0.4) is 0 Å². The van der Waals surface area contributed by atoms with Crippen LogP contribution < -0.4 is 11.0 Å². The quantitative estimate of drug-likeness (QED) is 0.133. The number of para-hydroxylation sites is 1. The fraction of sp³-hybridized carbons (Fsp3) is 0.429. The van der Waals surface area contributed by atoms with Crippen LogP contribution >= 0.6 is 7.49 Å². The van der Waals surface area contributed by atoms with E-state index in [9.17, 15) is 8.42 Å². The maximum Gasteiger partial charge on any atom is 0.303 e. The molecule has 0 unspecified atom stereocenters. The first-order valence-electron chi connectivity index (χ1n) is 17.3. The van der Waals surface area contributed by atoms with Gasteiger partial charge in [0.1, 0.15) is 21.4 Å². The first-order chi connectivity index (χ1) is 22.2. The first-order valence-corrected chi connectivity index (χ1v) is 20.5. The van der Waals surface area contributed by atoms with Crippen molar-refractivity contribution in [1.82, 2.24) is 0 Å². The Morgan fingerprint density at radius 3 is 1.58 bits per heavy atom. The van der Waals surface area contributed by atoms with Gasteiger partial charge in [0, 0.05) is 16.8 Å². The van der Waals surface area contributed by atoms with Gasteiger partial charge in [0.2, 0.25) is 7.49 Å². The van der Waals surface area contributed by atoms with Gasteiger partial charge in [-0.2, -0.15) is 8.42 Å². The molecule has 0 aromatic heterocycles. The van der Waals surface area contributed by atoms with E-state index in [1.165, 1.54) is 22.3 Å². The fourth-order valence-electron chi connectivity index (χ4n) is 7.26. The third-order valence-corrected chi connectivity index (χ3v) is 16.7. The molecule has 0 heterocycles. The summed E-state index contributed by atoms with van der Waals surface area (Å²) < 4.78 is 36.2. The summed E-state index contributed by atoms with van der Waals surface area (Å²) in [5.74, 6) is 0.675. The van der Waals surface area contributed by atoms with Gasteiger partial charge in [0.15, 0.2) is 0 Å². The molecule has 4 aromatic rings. The second-order valence-corrected chi connectivity index (χ2v) is 22.4. The molecule has 0 bridgehead atoms. The minimum absolute atomic E-state index is 0.259. The molecule has 258 valence electrons. The van der Waals surface area contributed by atoms with Gasteiger partial charge >= 0.3 is 10.1 Å². The van der Waals surface area contributed by atoms with E-state index in [1.807, 2.05) is 54.6 Å². The summed E-state index contributed by atoms with van der Waals surface area (Å²) in [4.78, 5) is 0. The Balaban J connectivity index is 2.02. The maximum atomic E-state index is 14.6. The predicted molar refractivity (Wildman–Crippen MR) is 210 cm³/mol. The van der Waals surface area contributed by atoms with Gasteiger partial charge in [-0.3, -0.25) is 0 Å². The van der Waals surface area contributed by atoms with Gasteiger partial charge in [-0.05, 0) is 105 Å². The van der Waals surface area contributed by atoms with E-state index >= 15 is 0 Å². The number of nitrogen functional groups attached to an aromatic ring is 1. The van der Waals surface area contributed by atoms with Crippen molar-refractivity contribution in [2.24, 2.45) is 0 Å². The molecular weight excluding hydrogens is 630 g/mol. The van der Waals surface area contributed by atoms with E-state index in [0.29, 0.717) is 17.2 Å². The predicted octanol–water partition coefficient (Wildman–Crippen LogP) is 11.7. The van der Waals surface area contributed by atoms with Gasteiger partial charge in [0.05, 0.1) is 0 Å². The summed E-state index contributed by atoms with van der Waals surface area (Å²) in [6.45, 7) is 26.4. The molecule has 6 heteroatoms. The number of nitrogens with two attached hydrogens (primary N) is 1. The molecule has 0 spiro atoms. The lowest BCUT2D eigenvalue weighted by Crippen LogP contribution is -2.43. The lowest BCUT2D eigenvalue weighted by molar-refractivity contribution is 0.473. The van der Waals surface area contributed by atoms with E-state index in [-0.39, 0.29) is 17.6 Å². The average molecular weight is 687 g/mol. The van der Waals surface area contributed by atoms with Crippen molar-refractivity contribution >= 4 is 28.6 Å². The first kappa shape index (κ1) is 37.8. The van der Waals surface area contributed by atoms with Crippen LogP contribution in [0.5, 0.6) is 0 Å². The van der Waals surface area contributed by atoms with Crippen LogP contribution in [0.15, 0.2) is 84.9 Å². The molecule has 4 aromatic carbocycles. The second kappa shape index (κ2) is 14.1. The van der Waals surface area contributed by atoms with Gasteiger partial charge in [-0.15, -0.1) is 3.97 Å². The zero-order chi connectivity index (χ0) is 35.8. The lowest BCUT2D eigenvalue weighted by atomic mass is 9.82. The zero-order valence-electron chi connectivity index (χ0n) is 31.2.